The predicted octanol–water partition coefficient (Wildman–Crippen LogP) is 0.605. The first-order chi connectivity index (χ1) is 10.7. The Morgan fingerprint density at radius 2 is 1.52 bits per heavy atom. The summed E-state index contributed by atoms with van der Waals surface area (Å²) in [6.07, 6.45) is -1.92. The van der Waals surface area contributed by atoms with E-state index in [0.717, 1.165) is 0 Å². The van der Waals surface area contributed by atoms with E-state index in [9.17, 15) is 9.59 Å². The van der Waals surface area contributed by atoms with Gasteiger partial charge in [-0.05, 0) is 38.8 Å². The average Bonchev–Trinajstić information content (AvgIpc) is 2.99. The molecule has 5 N–H and O–H groups in total. The molecule has 0 radical (unpaired) electrons. The Bertz CT molecular complexity index is 515. The van der Waals surface area contributed by atoms with Crippen molar-refractivity contribution in [2.45, 2.75) is 44.9 Å². The smallest absolute Gasteiger partial charge is 0.335 e. The van der Waals surface area contributed by atoms with Crippen molar-refractivity contribution in [3.8, 4) is 0 Å². The molecule has 1 aliphatic rings. The van der Waals surface area contributed by atoms with Gasteiger partial charge in [-0.2, -0.15) is 0 Å². The summed E-state index contributed by atoms with van der Waals surface area (Å²) in [6.45, 7) is 5.52. The van der Waals surface area contributed by atoms with E-state index >= 15 is 0 Å². The van der Waals surface area contributed by atoms with Gasteiger partial charge in [-0.1, -0.05) is 29.3 Å². The Balaban J connectivity index is 0.000000241. The average molecular weight is 325 g/mol. The van der Waals surface area contributed by atoms with Crippen molar-refractivity contribution in [1.29, 1.82) is 0 Å². The minimum Gasteiger partial charge on any atom is -0.479 e. The summed E-state index contributed by atoms with van der Waals surface area (Å²) in [4.78, 5) is 19.5. The number of nitrogens with one attached hydrogen (secondary N) is 1. The highest BCUT2D eigenvalue weighted by molar-refractivity contribution is 5.83. The highest BCUT2D eigenvalue weighted by Gasteiger charge is 2.29. The summed E-state index contributed by atoms with van der Waals surface area (Å²) in [7, 11) is 0. The molecule has 0 unspecified atom stereocenters. The molecule has 0 amide bonds. The summed E-state index contributed by atoms with van der Waals surface area (Å²) in [5.41, 5.74) is 4.22. The number of aliphatic hydroxyl groups excluding tert-OH is 2. The molecule has 3 atom stereocenters. The third-order valence-corrected chi connectivity index (χ3v) is 3.51. The molecule has 1 heterocycles. The van der Waals surface area contributed by atoms with Crippen LogP contribution in [0.3, 0.4) is 0 Å². The second-order valence-corrected chi connectivity index (χ2v) is 5.64. The normalized spacial score (nSPS) is 19.4. The molecular weight excluding hydrogens is 302 g/mol. The quantitative estimate of drug-likeness (QED) is 0.548. The van der Waals surface area contributed by atoms with E-state index in [4.69, 9.17) is 20.4 Å². The van der Waals surface area contributed by atoms with Gasteiger partial charge >= 0.3 is 11.9 Å². The van der Waals surface area contributed by atoms with Gasteiger partial charge in [-0.3, -0.25) is 0 Å². The highest BCUT2D eigenvalue weighted by atomic mass is 16.4. The van der Waals surface area contributed by atoms with Gasteiger partial charge in [0.1, 0.15) is 0 Å². The monoisotopic (exact) mass is 325 g/mol. The fourth-order valence-electron chi connectivity index (χ4n) is 2.45. The van der Waals surface area contributed by atoms with Gasteiger partial charge in [0.25, 0.3) is 0 Å². The van der Waals surface area contributed by atoms with Crippen molar-refractivity contribution in [1.82, 2.24) is 5.32 Å². The van der Waals surface area contributed by atoms with Gasteiger partial charge in [-0.15, -0.1) is 0 Å². The van der Waals surface area contributed by atoms with E-state index in [1.807, 2.05) is 0 Å². The van der Waals surface area contributed by atoms with Crippen molar-refractivity contribution in [3.63, 3.8) is 0 Å². The lowest BCUT2D eigenvalue weighted by Crippen LogP contribution is -2.39. The summed E-state index contributed by atoms with van der Waals surface area (Å²) in [5, 5.41) is 36.1. The molecule has 0 saturated carbocycles. The van der Waals surface area contributed by atoms with Crippen LogP contribution in [-0.4, -0.2) is 51.1 Å². The van der Waals surface area contributed by atoms with Crippen LogP contribution < -0.4 is 5.32 Å². The SMILES string of the molecule is Cc1cc(C)cc([C@@H]2CCCN2)c1.O=C(O)[C@@H](O)[C@H](O)C(=O)O. The van der Waals surface area contributed by atoms with Crippen molar-refractivity contribution in [3.05, 3.63) is 34.9 Å². The molecule has 23 heavy (non-hydrogen) atoms. The highest BCUT2D eigenvalue weighted by Crippen LogP contribution is 2.24. The lowest BCUT2D eigenvalue weighted by molar-refractivity contribution is -0.165. The summed E-state index contributed by atoms with van der Waals surface area (Å²) >= 11 is 0. The number of aliphatic carboxylic acids is 2. The second-order valence-electron chi connectivity index (χ2n) is 5.64. The van der Waals surface area contributed by atoms with E-state index in [1.165, 1.54) is 36.1 Å². The van der Waals surface area contributed by atoms with Crippen LogP contribution in [0.15, 0.2) is 18.2 Å². The van der Waals surface area contributed by atoms with E-state index in [1.54, 1.807) is 0 Å². The van der Waals surface area contributed by atoms with Crippen LogP contribution in [0.4, 0.5) is 0 Å². The maximum absolute atomic E-state index is 9.77. The van der Waals surface area contributed by atoms with Gasteiger partial charge in [0.2, 0.25) is 0 Å². The van der Waals surface area contributed by atoms with Crippen LogP contribution in [0.2, 0.25) is 0 Å². The fraction of sp³-hybridized carbons (Fsp3) is 0.500. The Kier molecular flexibility index (Phi) is 7.15. The Morgan fingerprint density at radius 1 is 1.04 bits per heavy atom. The summed E-state index contributed by atoms with van der Waals surface area (Å²) < 4.78 is 0. The molecule has 0 aliphatic carbocycles. The van der Waals surface area contributed by atoms with E-state index in [2.05, 4.69) is 37.4 Å². The minimum absolute atomic E-state index is 0.610. The Labute approximate surface area is 134 Å². The zero-order valence-electron chi connectivity index (χ0n) is 13.2. The van der Waals surface area contributed by atoms with Crippen LogP contribution in [-0.2, 0) is 9.59 Å². The molecule has 0 aromatic heterocycles. The molecule has 7 heteroatoms. The van der Waals surface area contributed by atoms with Crippen molar-refractivity contribution >= 4 is 11.9 Å². The number of benzene rings is 1. The summed E-state index contributed by atoms with van der Waals surface area (Å²) in [5.74, 6) is -3.54. The number of rotatable bonds is 4. The van der Waals surface area contributed by atoms with Crippen LogP contribution in [0.25, 0.3) is 0 Å². The molecule has 128 valence electrons. The van der Waals surface area contributed by atoms with Crippen LogP contribution >= 0.6 is 0 Å². The Hall–Kier alpha value is -1.96. The van der Waals surface area contributed by atoms with Gasteiger partial charge in [0.05, 0.1) is 0 Å². The molecule has 7 nitrogen and oxygen atoms in total. The van der Waals surface area contributed by atoms with Crippen molar-refractivity contribution in [2.75, 3.05) is 6.54 Å². The lowest BCUT2D eigenvalue weighted by atomic mass is 10.0. The first-order valence-corrected chi connectivity index (χ1v) is 7.35. The first kappa shape index (κ1) is 19.1. The summed E-state index contributed by atoms with van der Waals surface area (Å²) in [6, 6.07) is 7.45. The van der Waals surface area contributed by atoms with Gasteiger partial charge in [0, 0.05) is 6.04 Å². The molecular formula is C16H23NO6. The number of aryl methyl sites for hydroxylation is 2. The number of carboxylic acid groups (broad SMARTS) is 2. The number of carbonyl (C=O) groups is 2. The Morgan fingerprint density at radius 3 is 1.87 bits per heavy atom. The molecule has 0 spiro atoms. The second kappa shape index (κ2) is 8.61. The molecule has 1 aromatic carbocycles. The third-order valence-electron chi connectivity index (χ3n) is 3.51. The maximum atomic E-state index is 9.77. The van der Waals surface area contributed by atoms with Crippen LogP contribution in [0.5, 0.6) is 0 Å². The van der Waals surface area contributed by atoms with Gasteiger partial charge in [0.15, 0.2) is 12.2 Å². The molecule has 1 fully saturated rings. The van der Waals surface area contributed by atoms with Crippen LogP contribution in [0, 0.1) is 13.8 Å². The number of hydrogen-bond donors (Lipinski definition) is 5. The number of aliphatic hydroxyl groups is 2. The zero-order chi connectivity index (χ0) is 17.6. The molecule has 2 rings (SSSR count). The fourth-order valence-corrected chi connectivity index (χ4v) is 2.45. The standard InChI is InChI=1S/C12H17N.C4H6O6/c1-9-6-10(2)8-11(7-9)12-4-3-5-13-12;5-1(3(7)8)2(6)4(9)10/h6-8,12-13H,3-5H2,1-2H3;1-2,5-6H,(H,7,8)(H,9,10)/t12-;1-,2-/m00/s1. The molecule has 1 saturated heterocycles. The van der Waals surface area contributed by atoms with E-state index in [-0.39, 0.29) is 0 Å². The van der Waals surface area contributed by atoms with Gasteiger partial charge in [-0.25, -0.2) is 9.59 Å². The zero-order valence-corrected chi connectivity index (χ0v) is 13.2. The predicted molar refractivity (Wildman–Crippen MR) is 83.2 cm³/mol. The molecule has 1 aromatic rings. The number of carboxylic acids is 2. The first-order valence-electron chi connectivity index (χ1n) is 7.35. The van der Waals surface area contributed by atoms with Crippen molar-refractivity contribution in [2.24, 2.45) is 0 Å². The maximum Gasteiger partial charge on any atom is 0.335 e. The largest absolute Gasteiger partial charge is 0.479 e. The lowest BCUT2D eigenvalue weighted by Gasteiger charge is -2.12. The van der Waals surface area contributed by atoms with E-state index in [0.29, 0.717) is 6.04 Å². The van der Waals surface area contributed by atoms with Crippen LogP contribution in [0.1, 0.15) is 35.6 Å². The topological polar surface area (TPSA) is 127 Å². The number of hydrogen-bond acceptors (Lipinski definition) is 5. The van der Waals surface area contributed by atoms with Gasteiger partial charge < -0.3 is 25.7 Å². The van der Waals surface area contributed by atoms with E-state index < -0.39 is 24.1 Å². The minimum atomic E-state index is -2.27. The molecule has 0 bridgehead atoms. The van der Waals surface area contributed by atoms with Crippen molar-refractivity contribution < 1.29 is 30.0 Å². The molecule has 1 aliphatic heterocycles. The third kappa shape index (κ3) is 5.97.